The van der Waals surface area contributed by atoms with Crippen molar-refractivity contribution in [1.82, 2.24) is 0 Å². The van der Waals surface area contributed by atoms with Crippen LogP contribution in [0.5, 0.6) is 5.75 Å². The topological polar surface area (TPSA) is 67.4 Å². The molecule has 0 spiro atoms. The Morgan fingerprint density at radius 2 is 1.10 bits per heavy atom. The molecule has 224 valence electrons. The van der Waals surface area contributed by atoms with Crippen LogP contribution in [0.4, 0.5) is 11.4 Å². The standard InChI is InChI=1S/C34H60N2O3/c1-8-10-12-14-16-18-20-22-24-30(37)35-29-26-28(34(4,5)6)33(39-7)32(27(29)3)36-31(38)25-23-21-19-17-15-13-11-9-2/h26H,8-25H2,1-7H3,(H,35,37)(H,36,38). The van der Waals surface area contributed by atoms with Gasteiger partial charge < -0.3 is 15.4 Å². The Bertz CT molecular complexity index is 842. The van der Waals surface area contributed by atoms with E-state index in [-0.39, 0.29) is 17.2 Å². The number of amides is 2. The Balaban J connectivity index is 2.78. The molecule has 5 heteroatoms. The van der Waals surface area contributed by atoms with Crippen LogP contribution in [0.2, 0.25) is 0 Å². The van der Waals surface area contributed by atoms with E-state index in [4.69, 9.17) is 4.74 Å². The Morgan fingerprint density at radius 3 is 1.51 bits per heavy atom. The molecule has 0 aliphatic heterocycles. The van der Waals surface area contributed by atoms with E-state index in [0.29, 0.717) is 24.3 Å². The zero-order valence-corrected chi connectivity index (χ0v) is 26.5. The number of benzene rings is 1. The second kappa shape index (κ2) is 19.9. The SMILES string of the molecule is CCCCCCCCCCC(=O)Nc1cc(C(C)(C)C)c(OC)c(NC(=O)CCCCCCCCCC)c1C. The van der Waals surface area contributed by atoms with Gasteiger partial charge in [0.1, 0.15) is 5.75 Å². The molecule has 0 atom stereocenters. The molecule has 0 bridgehead atoms. The molecule has 0 aliphatic rings. The summed E-state index contributed by atoms with van der Waals surface area (Å²) >= 11 is 0. The van der Waals surface area contributed by atoms with Crippen LogP contribution in [-0.4, -0.2) is 18.9 Å². The van der Waals surface area contributed by atoms with Crippen LogP contribution >= 0.6 is 0 Å². The molecule has 1 aromatic rings. The highest BCUT2D eigenvalue weighted by molar-refractivity contribution is 5.98. The van der Waals surface area contributed by atoms with Crippen molar-refractivity contribution in [2.75, 3.05) is 17.7 Å². The van der Waals surface area contributed by atoms with Gasteiger partial charge in [-0.2, -0.15) is 0 Å². The van der Waals surface area contributed by atoms with Crippen molar-refractivity contribution in [1.29, 1.82) is 0 Å². The predicted molar refractivity (Wildman–Crippen MR) is 168 cm³/mol. The largest absolute Gasteiger partial charge is 0.494 e. The third kappa shape index (κ3) is 14.2. The van der Waals surface area contributed by atoms with Gasteiger partial charge in [0.2, 0.25) is 11.8 Å². The highest BCUT2D eigenvalue weighted by Gasteiger charge is 2.26. The van der Waals surface area contributed by atoms with Crippen molar-refractivity contribution in [2.45, 2.75) is 163 Å². The van der Waals surface area contributed by atoms with E-state index >= 15 is 0 Å². The van der Waals surface area contributed by atoms with Crippen molar-refractivity contribution in [2.24, 2.45) is 0 Å². The number of rotatable bonds is 21. The Kier molecular flexibility index (Phi) is 17.9. The van der Waals surface area contributed by atoms with E-state index in [0.717, 1.165) is 42.5 Å². The molecule has 0 saturated heterocycles. The first-order valence-corrected chi connectivity index (χ1v) is 16.0. The average Bonchev–Trinajstić information content (AvgIpc) is 2.88. The van der Waals surface area contributed by atoms with Gasteiger partial charge in [0.25, 0.3) is 0 Å². The van der Waals surface area contributed by atoms with E-state index in [1.807, 2.05) is 13.0 Å². The van der Waals surface area contributed by atoms with Gasteiger partial charge in [0.05, 0.1) is 12.8 Å². The normalized spacial score (nSPS) is 11.5. The van der Waals surface area contributed by atoms with Crippen LogP contribution in [0, 0.1) is 6.92 Å². The summed E-state index contributed by atoms with van der Waals surface area (Å²) in [5, 5.41) is 6.28. The Hall–Kier alpha value is -2.04. The highest BCUT2D eigenvalue weighted by Crippen LogP contribution is 2.43. The third-order valence-corrected chi connectivity index (χ3v) is 7.60. The third-order valence-electron chi connectivity index (χ3n) is 7.60. The van der Waals surface area contributed by atoms with Gasteiger partial charge >= 0.3 is 0 Å². The van der Waals surface area contributed by atoms with Crippen LogP contribution in [0.25, 0.3) is 0 Å². The fourth-order valence-corrected chi connectivity index (χ4v) is 5.06. The molecule has 2 N–H and O–H groups in total. The second-order valence-corrected chi connectivity index (χ2v) is 12.3. The maximum atomic E-state index is 12.9. The minimum Gasteiger partial charge on any atom is -0.494 e. The van der Waals surface area contributed by atoms with Crippen molar-refractivity contribution in [3.8, 4) is 5.75 Å². The molecule has 0 fully saturated rings. The van der Waals surface area contributed by atoms with E-state index < -0.39 is 0 Å². The molecule has 1 rings (SSSR count). The van der Waals surface area contributed by atoms with Gasteiger partial charge in [-0.3, -0.25) is 9.59 Å². The number of unbranched alkanes of at least 4 members (excludes halogenated alkanes) is 14. The number of hydrogen-bond donors (Lipinski definition) is 2. The first-order valence-electron chi connectivity index (χ1n) is 16.0. The van der Waals surface area contributed by atoms with Crippen molar-refractivity contribution in [3.05, 3.63) is 17.2 Å². The predicted octanol–water partition coefficient (Wildman–Crippen LogP) is 10.2. The van der Waals surface area contributed by atoms with Crippen LogP contribution < -0.4 is 15.4 Å². The van der Waals surface area contributed by atoms with Gasteiger partial charge in [0, 0.05) is 24.1 Å². The lowest BCUT2D eigenvalue weighted by molar-refractivity contribution is -0.117. The lowest BCUT2D eigenvalue weighted by Crippen LogP contribution is -2.20. The molecule has 0 aliphatic carbocycles. The Labute approximate surface area is 240 Å². The molecule has 1 aromatic carbocycles. The van der Waals surface area contributed by atoms with E-state index in [1.165, 1.54) is 77.0 Å². The van der Waals surface area contributed by atoms with Crippen LogP contribution in [-0.2, 0) is 15.0 Å². The number of carbonyl (C=O) groups is 2. The van der Waals surface area contributed by atoms with E-state index in [1.54, 1.807) is 7.11 Å². The fourth-order valence-electron chi connectivity index (χ4n) is 5.06. The van der Waals surface area contributed by atoms with Crippen LogP contribution in [0.15, 0.2) is 6.07 Å². The van der Waals surface area contributed by atoms with Crippen molar-refractivity contribution in [3.63, 3.8) is 0 Å². The fraction of sp³-hybridized carbons (Fsp3) is 0.765. The number of methoxy groups -OCH3 is 1. The number of anilines is 2. The molecule has 0 saturated carbocycles. The van der Waals surface area contributed by atoms with Gasteiger partial charge in [-0.15, -0.1) is 0 Å². The maximum Gasteiger partial charge on any atom is 0.224 e. The van der Waals surface area contributed by atoms with Crippen LogP contribution in [0.1, 0.15) is 161 Å². The van der Waals surface area contributed by atoms with Gasteiger partial charge in [0.15, 0.2) is 0 Å². The quantitative estimate of drug-likeness (QED) is 0.151. The second-order valence-electron chi connectivity index (χ2n) is 12.3. The molecule has 0 unspecified atom stereocenters. The molecule has 39 heavy (non-hydrogen) atoms. The lowest BCUT2D eigenvalue weighted by Gasteiger charge is -2.27. The zero-order chi connectivity index (χ0) is 29.1. The summed E-state index contributed by atoms with van der Waals surface area (Å²) in [5.74, 6) is 0.723. The summed E-state index contributed by atoms with van der Waals surface area (Å²) in [6.45, 7) is 12.8. The van der Waals surface area contributed by atoms with Crippen molar-refractivity contribution >= 4 is 23.2 Å². The van der Waals surface area contributed by atoms with Crippen molar-refractivity contribution < 1.29 is 14.3 Å². The summed E-state index contributed by atoms with van der Waals surface area (Å²) in [6.07, 6.45) is 20.3. The summed E-state index contributed by atoms with van der Waals surface area (Å²) in [6, 6.07) is 2.02. The molecule has 0 aromatic heterocycles. The number of ether oxygens (including phenoxy) is 1. The smallest absolute Gasteiger partial charge is 0.224 e. The zero-order valence-electron chi connectivity index (χ0n) is 26.5. The molecular weight excluding hydrogens is 484 g/mol. The number of carbonyl (C=O) groups excluding carboxylic acids is 2. The average molecular weight is 545 g/mol. The summed E-state index contributed by atoms with van der Waals surface area (Å²) in [7, 11) is 1.65. The molecule has 2 amide bonds. The van der Waals surface area contributed by atoms with Gasteiger partial charge in [-0.1, -0.05) is 125 Å². The van der Waals surface area contributed by atoms with Gasteiger partial charge in [-0.25, -0.2) is 0 Å². The van der Waals surface area contributed by atoms with Crippen LogP contribution in [0.3, 0.4) is 0 Å². The molecular formula is C34H60N2O3. The summed E-state index contributed by atoms with van der Waals surface area (Å²) in [4.78, 5) is 25.8. The minimum atomic E-state index is -0.215. The maximum absolute atomic E-state index is 12.9. The highest BCUT2D eigenvalue weighted by atomic mass is 16.5. The molecule has 0 radical (unpaired) electrons. The Morgan fingerprint density at radius 1 is 0.692 bits per heavy atom. The minimum absolute atomic E-state index is 0.00431. The first kappa shape index (κ1) is 35.0. The lowest BCUT2D eigenvalue weighted by atomic mass is 9.84. The number of nitrogens with one attached hydrogen (secondary N) is 2. The number of hydrogen-bond acceptors (Lipinski definition) is 3. The summed E-state index contributed by atoms with van der Waals surface area (Å²) in [5.41, 5.74) is 3.03. The first-order chi connectivity index (χ1) is 18.6. The molecule has 0 heterocycles. The van der Waals surface area contributed by atoms with E-state index in [2.05, 4.69) is 45.3 Å². The monoisotopic (exact) mass is 544 g/mol. The molecule has 5 nitrogen and oxygen atoms in total. The van der Waals surface area contributed by atoms with Gasteiger partial charge in [-0.05, 0) is 36.8 Å². The summed E-state index contributed by atoms with van der Waals surface area (Å²) < 4.78 is 5.83. The van der Waals surface area contributed by atoms with E-state index in [9.17, 15) is 9.59 Å².